The molecule has 0 bridgehead atoms. The van der Waals surface area contributed by atoms with Crippen LogP contribution in [0.4, 0.5) is 4.39 Å². The van der Waals surface area contributed by atoms with Crippen LogP contribution in [-0.2, 0) is 4.74 Å². The maximum atomic E-state index is 13.9. The number of aliphatic hydroxyl groups is 1. The molecule has 1 aromatic carbocycles. The molecule has 2 rings (SSSR count). The molecule has 0 aromatic heterocycles. The molecule has 1 aliphatic rings. The molecule has 0 radical (unpaired) electrons. The van der Waals surface area contributed by atoms with Crippen LogP contribution in [0.25, 0.3) is 0 Å². The molecule has 4 heteroatoms. The van der Waals surface area contributed by atoms with Crippen molar-refractivity contribution in [3.63, 3.8) is 0 Å². The first-order chi connectivity index (χ1) is 8.22. The van der Waals surface area contributed by atoms with E-state index in [1.165, 1.54) is 13.2 Å². The third-order valence-electron chi connectivity index (χ3n) is 3.08. The molecule has 17 heavy (non-hydrogen) atoms. The fourth-order valence-corrected chi connectivity index (χ4v) is 2.15. The summed E-state index contributed by atoms with van der Waals surface area (Å²) in [5.74, 6) is -0.325. The van der Waals surface area contributed by atoms with Crippen molar-refractivity contribution in [2.24, 2.45) is 0 Å². The fraction of sp³-hybridized carbons (Fsp3) is 0.538. The van der Waals surface area contributed by atoms with Gasteiger partial charge < -0.3 is 14.6 Å². The minimum Gasteiger partial charge on any atom is -0.494 e. The van der Waals surface area contributed by atoms with Gasteiger partial charge in [-0.05, 0) is 18.9 Å². The molecule has 2 atom stereocenters. The van der Waals surface area contributed by atoms with Gasteiger partial charge in [0, 0.05) is 18.6 Å². The second kappa shape index (κ2) is 5.47. The molecule has 3 nitrogen and oxygen atoms in total. The highest BCUT2D eigenvalue weighted by molar-refractivity contribution is 5.32. The summed E-state index contributed by atoms with van der Waals surface area (Å²) in [4.78, 5) is 0. The van der Waals surface area contributed by atoms with E-state index in [0.717, 1.165) is 19.4 Å². The Kier molecular flexibility index (Phi) is 3.97. The summed E-state index contributed by atoms with van der Waals surface area (Å²) >= 11 is 0. The maximum Gasteiger partial charge on any atom is 0.170 e. The van der Waals surface area contributed by atoms with Crippen LogP contribution in [0.5, 0.6) is 5.75 Å². The first kappa shape index (κ1) is 12.3. The second-order valence-corrected chi connectivity index (χ2v) is 4.25. The smallest absolute Gasteiger partial charge is 0.170 e. The Hall–Kier alpha value is -1.13. The van der Waals surface area contributed by atoms with E-state index in [4.69, 9.17) is 9.47 Å². The third-order valence-corrected chi connectivity index (χ3v) is 3.08. The van der Waals surface area contributed by atoms with Crippen molar-refractivity contribution >= 4 is 0 Å². The normalized spacial score (nSPS) is 21.5. The topological polar surface area (TPSA) is 38.7 Å². The highest BCUT2D eigenvalue weighted by Crippen LogP contribution is 2.30. The van der Waals surface area contributed by atoms with E-state index in [-0.39, 0.29) is 17.4 Å². The van der Waals surface area contributed by atoms with Crippen LogP contribution in [0.2, 0.25) is 0 Å². The third kappa shape index (κ3) is 2.76. The molecule has 0 spiro atoms. The monoisotopic (exact) mass is 240 g/mol. The van der Waals surface area contributed by atoms with Gasteiger partial charge in [-0.1, -0.05) is 12.1 Å². The summed E-state index contributed by atoms with van der Waals surface area (Å²) in [5.41, 5.74) is 0.278. The summed E-state index contributed by atoms with van der Waals surface area (Å²) in [7, 11) is 1.41. The van der Waals surface area contributed by atoms with Gasteiger partial charge in [0.05, 0.1) is 19.3 Å². The number of hydrogen-bond acceptors (Lipinski definition) is 3. The quantitative estimate of drug-likeness (QED) is 0.878. The van der Waals surface area contributed by atoms with Gasteiger partial charge in [0.1, 0.15) is 0 Å². The Labute approximate surface area is 100 Å². The molecule has 0 aliphatic carbocycles. The molecular weight excluding hydrogens is 223 g/mol. The number of hydrogen-bond donors (Lipinski definition) is 1. The summed E-state index contributed by atoms with van der Waals surface area (Å²) in [6.45, 7) is 0.734. The molecule has 1 N–H and O–H groups in total. The number of methoxy groups -OCH3 is 1. The van der Waals surface area contributed by atoms with Gasteiger partial charge in [0.2, 0.25) is 0 Å². The molecule has 1 aromatic rings. The molecule has 1 fully saturated rings. The average Bonchev–Trinajstić information content (AvgIpc) is 2.82. The van der Waals surface area contributed by atoms with Crippen LogP contribution in [0.1, 0.15) is 30.9 Å². The summed E-state index contributed by atoms with van der Waals surface area (Å²) in [5, 5.41) is 10.0. The fourth-order valence-electron chi connectivity index (χ4n) is 2.15. The van der Waals surface area contributed by atoms with E-state index >= 15 is 0 Å². The molecule has 94 valence electrons. The van der Waals surface area contributed by atoms with E-state index in [0.29, 0.717) is 6.42 Å². The predicted octanol–water partition coefficient (Wildman–Crippen LogP) is 2.44. The number of aliphatic hydroxyl groups excluding tert-OH is 1. The van der Waals surface area contributed by atoms with Crippen LogP contribution < -0.4 is 4.74 Å². The molecule has 1 saturated heterocycles. The predicted molar refractivity (Wildman–Crippen MR) is 61.5 cm³/mol. The van der Waals surface area contributed by atoms with Gasteiger partial charge >= 0.3 is 0 Å². The molecule has 0 amide bonds. The van der Waals surface area contributed by atoms with E-state index in [9.17, 15) is 9.50 Å². The van der Waals surface area contributed by atoms with E-state index < -0.39 is 11.9 Å². The van der Waals surface area contributed by atoms with Gasteiger partial charge in [-0.3, -0.25) is 0 Å². The lowest BCUT2D eigenvalue weighted by molar-refractivity contribution is 0.0520. The van der Waals surface area contributed by atoms with Crippen LogP contribution in [0.3, 0.4) is 0 Å². The Morgan fingerprint density at radius 3 is 3.06 bits per heavy atom. The van der Waals surface area contributed by atoms with Crippen molar-refractivity contribution in [2.75, 3.05) is 13.7 Å². The average molecular weight is 240 g/mol. The first-order valence-corrected chi connectivity index (χ1v) is 5.84. The molecule has 1 aliphatic heterocycles. The second-order valence-electron chi connectivity index (χ2n) is 4.25. The Morgan fingerprint density at radius 2 is 2.41 bits per heavy atom. The van der Waals surface area contributed by atoms with Crippen molar-refractivity contribution in [2.45, 2.75) is 31.5 Å². The number of halogens is 1. The van der Waals surface area contributed by atoms with Gasteiger partial charge in [-0.2, -0.15) is 0 Å². The van der Waals surface area contributed by atoms with Crippen molar-refractivity contribution in [1.29, 1.82) is 0 Å². The van der Waals surface area contributed by atoms with Gasteiger partial charge in [0.15, 0.2) is 11.6 Å². The minimum atomic E-state index is -0.840. The van der Waals surface area contributed by atoms with Crippen molar-refractivity contribution in [1.82, 2.24) is 0 Å². The lowest BCUT2D eigenvalue weighted by Gasteiger charge is -2.17. The van der Waals surface area contributed by atoms with Gasteiger partial charge in [0.25, 0.3) is 0 Å². The SMILES string of the molecule is COc1cccc(C(O)CC2CCCO2)c1F. The highest BCUT2D eigenvalue weighted by atomic mass is 19.1. The van der Waals surface area contributed by atoms with Crippen LogP contribution in [0.15, 0.2) is 18.2 Å². The van der Waals surface area contributed by atoms with Crippen molar-refractivity contribution in [3.05, 3.63) is 29.6 Å². The molecule has 2 unspecified atom stereocenters. The Bertz CT molecular complexity index is 375. The Morgan fingerprint density at radius 1 is 1.59 bits per heavy atom. The van der Waals surface area contributed by atoms with Crippen LogP contribution in [-0.4, -0.2) is 24.9 Å². The lowest BCUT2D eigenvalue weighted by Crippen LogP contribution is -2.12. The zero-order valence-electron chi connectivity index (χ0n) is 9.86. The van der Waals surface area contributed by atoms with Gasteiger partial charge in [-0.25, -0.2) is 4.39 Å². The van der Waals surface area contributed by atoms with Crippen LogP contribution in [0, 0.1) is 5.82 Å². The maximum absolute atomic E-state index is 13.9. The minimum absolute atomic E-state index is 0.0376. The van der Waals surface area contributed by atoms with Crippen molar-refractivity contribution in [3.8, 4) is 5.75 Å². The first-order valence-electron chi connectivity index (χ1n) is 5.84. The number of benzene rings is 1. The van der Waals surface area contributed by atoms with Crippen molar-refractivity contribution < 1.29 is 19.0 Å². The largest absolute Gasteiger partial charge is 0.494 e. The zero-order valence-corrected chi connectivity index (χ0v) is 9.86. The Balaban J connectivity index is 2.09. The van der Waals surface area contributed by atoms with Crippen LogP contribution >= 0.6 is 0 Å². The summed E-state index contributed by atoms with van der Waals surface area (Å²) in [6.07, 6.45) is 1.58. The number of ether oxygens (including phenoxy) is 2. The van der Waals surface area contributed by atoms with E-state index in [1.807, 2.05) is 0 Å². The zero-order chi connectivity index (χ0) is 12.3. The van der Waals surface area contributed by atoms with E-state index in [2.05, 4.69) is 0 Å². The molecule has 0 saturated carbocycles. The summed E-state index contributed by atoms with van der Waals surface area (Å²) in [6, 6.07) is 4.80. The van der Waals surface area contributed by atoms with E-state index in [1.54, 1.807) is 12.1 Å². The molecule has 1 heterocycles. The van der Waals surface area contributed by atoms with Gasteiger partial charge in [-0.15, -0.1) is 0 Å². The number of rotatable bonds is 4. The lowest BCUT2D eigenvalue weighted by atomic mass is 10.0. The highest BCUT2D eigenvalue weighted by Gasteiger charge is 2.23. The summed E-state index contributed by atoms with van der Waals surface area (Å²) < 4.78 is 24.2. The standard InChI is InChI=1S/C13H17FO3/c1-16-12-6-2-5-10(13(12)14)11(15)8-9-4-3-7-17-9/h2,5-6,9,11,15H,3-4,7-8H2,1H3. The molecular formula is C13H17FO3.